The molecule has 0 saturated heterocycles. The second-order valence-electron chi connectivity index (χ2n) is 5.66. The molecule has 0 atom stereocenters. The van der Waals surface area contributed by atoms with Crippen molar-refractivity contribution < 1.29 is 26.7 Å². The maximum absolute atomic E-state index is 13.7. The Kier molecular flexibility index (Phi) is 4.49. The van der Waals surface area contributed by atoms with Crippen LogP contribution >= 0.6 is 11.8 Å². The SMILES string of the molecule is N#CC1=C(F)CCC(n2cc(SC(F)F)c3c2CCC(F)(F)C3=O)=C1. The van der Waals surface area contributed by atoms with Crippen molar-refractivity contribution in [2.75, 3.05) is 0 Å². The number of nitrogens with zero attached hydrogens (tertiary/aromatic N) is 2. The average molecular weight is 374 g/mol. The Bertz CT molecular complexity index is 847. The number of carbonyl (C=O) groups is 1. The van der Waals surface area contributed by atoms with E-state index < -0.39 is 35.3 Å². The summed E-state index contributed by atoms with van der Waals surface area (Å²) in [6.07, 6.45) is 1.68. The molecule has 0 saturated carbocycles. The molecule has 3 nitrogen and oxygen atoms in total. The minimum Gasteiger partial charge on any atom is -0.323 e. The Balaban J connectivity index is 2.15. The van der Waals surface area contributed by atoms with Crippen LogP contribution in [0, 0.1) is 11.3 Å². The van der Waals surface area contributed by atoms with E-state index in [2.05, 4.69) is 0 Å². The van der Waals surface area contributed by atoms with E-state index in [1.54, 1.807) is 6.07 Å². The van der Waals surface area contributed by atoms with Crippen LogP contribution in [0.2, 0.25) is 0 Å². The monoisotopic (exact) mass is 374 g/mol. The van der Waals surface area contributed by atoms with Crippen molar-refractivity contribution in [2.45, 2.75) is 42.3 Å². The normalized spacial score (nSPS) is 19.7. The fraction of sp³-hybridized carbons (Fsp3) is 0.375. The number of fused-ring (bicyclic) bond motifs is 1. The minimum absolute atomic E-state index is 0.0228. The van der Waals surface area contributed by atoms with Crippen molar-refractivity contribution in [1.82, 2.24) is 4.57 Å². The number of ketones is 1. The number of halogens is 5. The van der Waals surface area contributed by atoms with E-state index in [0.29, 0.717) is 5.70 Å². The molecule has 0 N–H and O–H groups in total. The second kappa shape index (κ2) is 6.33. The molecule has 3 rings (SSSR count). The molecule has 9 heteroatoms. The van der Waals surface area contributed by atoms with Crippen LogP contribution in [-0.4, -0.2) is 22.0 Å². The van der Waals surface area contributed by atoms with E-state index in [1.807, 2.05) is 0 Å². The van der Waals surface area contributed by atoms with E-state index in [9.17, 15) is 26.7 Å². The molecular weight excluding hydrogens is 363 g/mol. The lowest BCUT2D eigenvalue weighted by atomic mass is 9.92. The number of allylic oxidation sites excluding steroid dienone is 4. The molecule has 0 aromatic carbocycles. The highest BCUT2D eigenvalue weighted by Crippen LogP contribution is 2.42. The van der Waals surface area contributed by atoms with Gasteiger partial charge in [-0.2, -0.15) is 22.8 Å². The van der Waals surface area contributed by atoms with Gasteiger partial charge in [-0.3, -0.25) is 4.79 Å². The van der Waals surface area contributed by atoms with Crippen LogP contribution in [0.5, 0.6) is 0 Å². The molecule has 132 valence electrons. The van der Waals surface area contributed by atoms with Gasteiger partial charge in [0.2, 0.25) is 5.78 Å². The summed E-state index contributed by atoms with van der Waals surface area (Å²) in [6, 6.07) is 1.70. The summed E-state index contributed by atoms with van der Waals surface area (Å²) < 4.78 is 68.0. The van der Waals surface area contributed by atoms with Crippen molar-refractivity contribution >= 4 is 23.2 Å². The van der Waals surface area contributed by atoms with Crippen LogP contribution < -0.4 is 0 Å². The van der Waals surface area contributed by atoms with E-state index in [4.69, 9.17) is 5.26 Å². The van der Waals surface area contributed by atoms with E-state index in [1.165, 1.54) is 16.8 Å². The Hall–Kier alpha value is -2.08. The van der Waals surface area contributed by atoms with Gasteiger partial charge >= 0.3 is 5.92 Å². The second-order valence-corrected chi connectivity index (χ2v) is 6.70. The largest absolute Gasteiger partial charge is 0.323 e. The van der Waals surface area contributed by atoms with Gasteiger partial charge in [0.15, 0.2) is 0 Å². The number of rotatable bonds is 3. The zero-order chi connectivity index (χ0) is 18.4. The fourth-order valence-corrected chi connectivity index (χ4v) is 3.68. The van der Waals surface area contributed by atoms with Gasteiger partial charge in [0.05, 0.1) is 11.1 Å². The van der Waals surface area contributed by atoms with Gasteiger partial charge in [-0.25, -0.2) is 4.39 Å². The van der Waals surface area contributed by atoms with Gasteiger partial charge in [0.1, 0.15) is 11.9 Å². The molecule has 1 heterocycles. The third-order valence-corrected chi connectivity index (χ3v) is 4.90. The fourth-order valence-electron chi connectivity index (χ4n) is 3.00. The van der Waals surface area contributed by atoms with Gasteiger partial charge in [-0.15, -0.1) is 0 Å². The smallest absolute Gasteiger partial charge is 0.310 e. The first-order valence-electron chi connectivity index (χ1n) is 7.36. The first-order valence-corrected chi connectivity index (χ1v) is 8.24. The number of hydrogen-bond donors (Lipinski definition) is 0. The van der Waals surface area contributed by atoms with Crippen LogP contribution in [0.4, 0.5) is 22.0 Å². The zero-order valence-electron chi connectivity index (χ0n) is 12.7. The summed E-state index contributed by atoms with van der Waals surface area (Å²) in [5.41, 5.74) is 0.00784. The molecule has 2 aliphatic carbocycles. The molecule has 2 aliphatic rings. The molecule has 0 unspecified atom stereocenters. The first kappa shape index (κ1) is 17.7. The number of nitriles is 1. The zero-order valence-corrected chi connectivity index (χ0v) is 13.5. The van der Waals surface area contributed by atoms with Crippen molar-refractivity contribution in [3.05, 3.63) is 34.9 Å². The Morgan fingerprint density at radius 2 is 2.00 bits per heavy atom. The molecule has 0 spiro atoms. The summed E-state index contributed by atoms with van der Waals surface area (Å²) in [6.45, 7) is 0. The summed E-state index contributed by atoms with van der Waals surface area (Å²) in [4.78, 5) is 11.8. The number of carbonyl (C=O) groups excluding carboxylic acids is 1. The summed E-state index contributed by atoms with van der Waals surface area (Å²) in [5, 5.41) is 8.94. The van der Waals surface area contributed by atoms with E-state index >= 15 is 0 Å². The molecule has 0 fully saturated rings. The lowest BCUT2D eigenvalue weighted by Gasteiger charge is -2.24. The molecule has 0 bridgehead atoms. The number of alkyl halides is 4. The highest BCUT2D eigenvalue weighted by molar-refractivity contribution is 7.99. The lowest BCUT2D eigenvalue weighted by Crippen LogP contribution is -2.34. The minimum atomic E-state index is -3.60. The summed E-state index contributed by atoms with van der Waals surface area (Å²) in [5.74, 6) is -8.54. The Morgan fingerprint density at radius 3 is 2.64 bits per heavy atom. The van der Waals surface area contributed by atoms with Gasteiger partial charge in [-0.05, 0) is 18.9 Å². The number of hydrogen-bond acceptors (Lipinski definition) is 3. The lowest BCUT2D eigenvalue weighted by molar-refractivity contribution is 0.00143. The number of thioether (sulfide) groups is 1. The predicted octanol–water partition coefficient (Wildman–Crippen LogP) is 4.95. The quantitative estimate of drug-likeness (QED) is 0.556. The molecule has 1 aromatic rings. The van der Waals surface area contributed by atoms with Gasteiger partial charge < -0.3 is 4.57 Å². The van der Waals surface area contributed by atoms with Crippen molar-refractivity contribution in [1.29, 1.82) is 5.26 Å². The molecule has 1 aromatic heterocycles. The van der Waals surface area contributed by atoms with Crippen LogP contribution in [0.1, 0.15) is 35.3 Å². The highest BCUT2D eigenvalue weighted by Gasteiger charge is 2.46. The van der Waals surface area contributed by atoms with Crippen molar-refractivity contribution in [3.8, 4) is 6.07 Å². The van der Waals surface area contributed by atoms with Crippen LogP contribution in [-0.2, 0) is 6.42 Å². The highest BCUT2D eigenvalue weighted by atomic mass is 32.2. The van der Waals surface area contributed by atoms with E-state index in [-0.39, 0.29) is 47.2 Å². The van der Waals surface area contributed by atoms with Crippen LogP contribution in [0.15, 0.2) is 28.6 Å². The predicted molar refractivity (Wildman–Crippen MR) is 81.1 cm³/mol. The van der Waals surface area contributed by atoms with Crippen molar-refractivity contribution in [2.24, 2.45) is 0 Å². The third kappa shape index (κ3) is 3.11. The van der Waals surface area contributed by atoms with Gasteiger partial charge in [0.25, 0.3) is 5.76 Å². The van der Waals surface area contributed by atoms with Gasteiger partial charge in [-0.1, -0.05) is 11.8 Å². The molecule has 25 heavy (non-hydrogen) atoms. The molecule has 0 amide bonds. The maximum Gasteiger partial charge on any atom is 0.310 e. The van der Waals surface area contributed by atoms with Crippen LogP contribution in [0.3, 0.4) is 0 Å². The number of aromatic nitrogens is 1. The maximum atomic E-state index is 13.7. The standard InChI is InChI=1S/C16H11F5N2OS/c17-10-2-1-9(5-8(10)6-22)23-7-12(25-15(18)19)13-11(23)3-4-16(20,21)14(13)24/h5,7,15H,1-4H2. The summed E-state index contributed by atoms with van der Waals surface area (Å²) >= 11 is 0.0228. The van der Waals surface area contributed by atoms with E-state index in [0.717, 1.165) is 0 Å². The first-order chi connectivity index (χ1) is 11.7. The van der Waals surface area contributed by atoms with Crippen molar-refractivity contribution in [3.63, 3.8) is 0 Å². The molecule has 0 aliphatic heterocycles. The number of Topliss-reactive ketones (excluding diaryl/α,β-unsaturated/α-hetero) is 1. The topological polar surface area (TPSA) is 45.8 Å². The van der Waals surface area contributed by atoms with Gasteiger partial charge in [0, 0.05) is 35.3 Å². The third-order valence-electron chi connectivity index (χ3n) is 4.16. The summed E-state index contributed by atoms with van der Waals surface area (Å²) in [7, 11) is 0. The average Bonchev–Trinajstić information content (AvgIpc) is 2.90. The van der Waals surface area contributed by atoms with Crippen LogP contribution in [0.25, 0.3) is 5.70 Å². The Labute approximate surface area is 143 Å². The Morgan fingerprint density at radius 1 is 1.28 bits per heavy atom. The molecular formula is C16H11F5N2OS. The molecule has 0 radical (unpaired) electrons.